The molecule has 4 aromatic rings. The average Bonchev–Trinajstić information content (AvgIpc) is 3.68. The highest BCUT2D eigenvalue weighted by molar-refractivity contribution is 6.23. The summed E-state index contributed by atoms with van der Waals surface area (Å²) in [5.74, 6) is -2.85. The molecule has 312 valence electrons. The number of ether oxygens (including phenoxy) is 4. The Labute approximate surface area is 348 Å². The number of amides is 6. The number of hydrogen-bond acceptors (Lipinski definition) is 10. The second kappa shape index (κ2) is 20.3. The fraction of sp³-hybridized carbons (Fsp3) is 0.348. The Morgan fingerprint density at radius 1 is 0.400 bits per heavy atom. The Hall–Kier alpha value is -6.06. The minimum absolute atomic E-state index is 0.135. The number of hydrogen-bond donors (Lipinski definition) is 0. The molecule has 3 heterocycles. The van der Waals surface area contributed by atoms with Crippen LogP contribution >= 0.6 is 0 Å². The number of imide groups is 2. The van der Waals surface area contributed by atoms with Gasteiger partial charge in [0.05, 0.1) is 75.1 Å². The molecule has 0 saturated carbocycles. The summed E-state index contributed by atoms with van der Waals surface area (Å²) in [5, 5.41) is 0. The zero-order valence-electron chi connectivity index (χ0n) is 33.3. The van der Waals surface area contributed by atoms with E-state index in [1.807, 2.05) is 60.7 Å². The molecule has 14 nitrogen and oxygen atoms in total. The van der Waals surface area contributed by atoms with E-state index in [0.29, 0.717) is 0 Å². The van der Waals surface area contributed by atoms with E-state index in [1.54, 1.807) is 58.3 Å². The summed E-state index contributed by atoms with van der Waals surface area (Å²) in [7, 11) is 0. The molecule has 14 heteroatoms. The molecule has 0 spiro atoms. The molecule has 0 N–H and O–H groups in total. The molecular formula is C46H48N4O10. The maximum Gasteiger partial charge on any atom is 0.262 e. The lowest BCUT2D eigenvalue weighted by atomic mass is 10.0. The van der Waals surface area contributed by atoms with Gasteiger partial charge in [-0.05, 0) is 35.4 Å². The number of benzene rings is 4. The van der Waals surface area contributed by atoms with E-state index >= 15 is 0 Å². The molecule has 0 unspecified atom stereocenters. The maximum absolute atomic E-state index is 14.4. The summed E-state index contributed by atoms with van der Waals surface area (Å²) in [6, 6.07) is 29.5. The van der Waals surface area contributed by atoms with Crippen LogP contribution in [0.2, 0.25) is 0 Å². The number of nitrogens with zero attached hydrogens (tertiary/aromatic N) is 4. The minimum atomic E-state index is -1.10. The first-order valence-corrected chi connectivity index (χ1v) is 20.2. The van der Waals surface area contributed by atoms with Gasteiger partial charge in [0.2, 0.25) is 11.8 Å². The zero-order chi connectivity index (χ0) is 41.8. The Morgan fingerprint density at radius 3 is 0.950 bits per heavy atom. The van der Waals surface area contributed by atoms with E-state index in [2.05, 4.69) is 0 Å². The largest absolute Gasteiger partial charge is 0.377 e. The highest BCUT2D eigenvalue weighted by Gasteiger charge is 2.45. The fourth-order valence-electron chi connectivity index (χ4n) is 7.66. The molecule has 0 radical (unpaired) electrons. The Bertz CT molecular complexity index is 1920. The summed E-state index contributed by atoms with van der Waals surface area (Å²) >= 11 is 0. The number of carbonyl (C=O) groups is 6. The van der Waals surface area contributed by atoms with Crippen LogP contribution in [0.15, 0.2) is 109 Å². The van der Waals surface area contributed by atoms with E-state index in [9.17, 15) is 28.8 Å². The van der Waals surface area contributed by atoms with E-state index in [0.717, 1.165) is 20.9 Å². The Kier molecular flexibility index (Phi) is 14.2. The van der Waals surface area contributed by atoms with Crippen LogP contribution in [0, 0.1) is 0 Å². The third-order valence-corrected chi connectivity index (χ3v) is 10.8. The van der Waals surface area contributed by atoms with Crippen LogP contribution in [-0.4, -0.2) is 146 Å². The van der Waals surface area contributed by atoms with Gasteiger partial charge >= 0.3 is 0 Å². The first-order valence-electron chi connectivity index (χ1n) is 20.2. The van der Waals surface area contributed by atoms with Crippen molar-refractivity contribution < 1.29 is 47.7 Å². The Morgan fingerprint density at radius 2 is 0.667 bits per heavy atom. The highest BCUT2D eigenvalue weighted by Crippen LogP contribution is 2.28. The predicted molar refractivity (Wildman–Crippen MR) is 218 cm³/mol. The Balaban J connectivity index is 1.00. The van der Waals surface area contributed by atoms with Crippen molar-refractivity contribution in [3.05, 3.63) is 143 Å². The third-order valence-electron chi connectivity index (χ3n) is 10.8. The van der Waals surface area contributed by atoms with Crippen LogP contribution in [0.4, 0.5) is 0 Å². The van der Waals surface area contributed by atoms with Gasteiger partial charge in [-0.3, -0.25) is 38.6 Å². The predicted octanol–water partition coefficient (Wildman–Crippen LogP) is 3.54. The van der Waals surface area contributed by atoms with Gasteiger partial charge in [-0.25, -0.2) is 0 Å². The molecule has 60 heavy (non-hydrogen) atoms. The molecule has 3 aliphatic rings. The van der Waals surface area contributed by atoms with Gasteiger partial charge in [0.15, 0.2) is 0 Å². The molecule has 0 aliphatic carbocycles. The highest BCUT2D eigenvalue weighted by atomic mass is 16.5. The van der Waals surface area contributed by atoms with Crippen LogP contribution in [0.3, 0.4) is 0 Å². The van der Waals surface area contributed by atoms with Crippen molar-refractivity contribution in [1.82, 2.24) is 19.6 Å². The van der Waals surface area contributed by atoms with E-state index in [1.165, 1.54) is 0 Å². The molecule has 2 atom stereocenters. The van der Waals surface area contributed by atoms with E-state index in [-0.39, 0.29) is 114 Å². The molecule has 1 saturated heterocycles. The molecule has 6 amide bonds. The molecule has 1 fully saturated rings. The lowest BCUT2D eigenvalue weighted by Crippen LogP contribution is -2.53. The van der Waals surface area contributed by atoms with Crippen molar-refractivity contribution in [3.63, 3.8) is 0 Å². The molecule has 4 aromatic carbocycles. The van der Waals surface area contributed by atoms with Gasteiger partial charge in [0, 0.05) is 39.0 Å². The summed E-state index contributed by atoms with van der Waals surface area (Å²) in [6.07, 6.45) is 0.270. The van der Waals surface area contributed by atoms with Crippen molar-refractivity contribution in [2.45, 2.75) is 24.9 Å². The fourth-order valence-corrected chi connectivity index (χ4v) is 7.66. The van der Waals surface area contributed by atoms with Crippen molar-refractivity contribution in [2.24, 2.45) is 0 Å². The summed E-state index contributed by atoms with van der Waals surface area (Å²) in [6.45, 7) is 1.97. The molecule has 7 rings (SSSR count). The molecule has 0 aromatic heterocycles. The van der Waals surface area contributed by atoms with Gasteiger partial charge in [0.1, 0.15) is 12.1 Å². The van der Waals surface area contributed by atoms with E-state index in [4.69, 9.17) is 18.9 Å². The second-order valence-corrected chi connectivity index (χ2v) is 14.6. The molecule has 3 aliphatic heterocycles. The average molecular weight is 817 g/mol. The van der Waals surface area contributed by atoms with Crippen molar-refractivity contribution in [3.8, 4) is 0 Å². The van der Waals surface area contributed by atoms with Crippen LogP contribution < -0.4 is 0 Å². The van der Waals surface area contributed by atoms with Gasteiger partial charge in [-0.1, -0.05) is 84.9 Å². The maximum atomic E-state index is 14.4. The summed E-state index contributed by atoms with van der Waals surface area (Å²) < 4.78 is 23.5. The van der Waals surface area contributed by atoms with Crippen LogP contribution in [0.1, 0.15) is 52.6 Å². The van der Waals surface area contributed by atoms with Crippen LogP contribution in [0.5, 0.6) is 0 Å². The second-order valence-electron chi connectivity index (χ2n) is 14.6. The van der Waals surface area contributed by atoms with Gasteiger partial charge in [0.25, 0.3) is 23.6 Å². The monoisotopic (exact) mass is 816 g/mol. The molecular weight excluding hydrogens is 769 g/mol. The number of carbonyl (C=O) groups excluding carboxylic acids is 6. The van der Waals surface area contributed by atoms with E-state index < -0.39 is 47.5 Å². The smallest absolute Gasteiger partial charge is 0.262 e. The quantitative estimate of drug-likeness (QED) is 0.242. The minimum Gasteiger partial charge on any atom is -0.377 e. The topological polar surface area (TPSA) is 152 Å². The zero-order valence-corrected chi connectivity index (χ0v) is 33.3. The van der Waals surface area contributed by atoms with Crippen LogP contribution in [-0.2, 0) is 41.4 Å². The van der Waals surface area contributed by atoms with Gasteiger partial charge in [-0.2, -0.15) is 0 Å². The van der Waals surface area contributed by atoms with Gasteiger partial charge < -0.3 is 28.7 Å². The normalized spacial score (nSPS) is 18.4. The number of rotatable bonds is 8. The summed E-state index contributed by atoms with van der Waals surface area (Å²) in [5.41, 5.74) is 2.66. The SMILES string of the molecule is O=C([C@@H](Cc1ccccc1)N1C(=O)c2ccccc2C1=O)N1CCOCCOCCN(C(=O)[C@@H](Cc2ccccc2)N2C(=O)c3ccccc3C2=O)CCOCCOCC1. The standard InChI is InChI=1S/C46H48N4O10/c51-41-35-15-7-8-16-36(35)42(52)49(41)39(31-33-11-3-1-4-12-33)45(55)47-19-23-57-27-29-59-25-21-48(22-26-60-30-28-58-24-20-47)46(56)40(32-34-13-5-2-6-14-34)50-43(53)37-17-9-10-18-38(37)44(50)54/h1-18,39-40H,19-32H2/t39-,40-/m1/s1. The lowest BCUT2D eigenvalue weighted by Gasteiger charge is -2.32. The third kappa shape index (κ3) is 9.69. The van der Waals surface area contributed by atoms with Crippen molar-refractivity contribution in [2.75, 3.05) is 79.0 Å². The molecule has 0 bridgehead atoms. The van der Waals surface area contributed by atoms with Crippen molar-refractivity contribution in [1.29, 1.82) is 0 Å². The number of fused-ring (bicyclic) bond motifs is 2. The first-order chi connectivity index (χ1) is 29.3. The van der Waals surface area contributed by atoms with Gasteiger partial charge in [-0.15, -0.1) is 0 Å². The van der Waals surface area contributed by atoms with Crippen molar-refractivity contribution >= 4 is 35.4 Å². The lowest BCUT2D eigenvalue weighted by molar-refractivity contribution is -0.138. The summed E-state index contributed by atoms with van der Waals surface area (Å²) in [4.78, 5) is 88.6. The van der Waals surface area contributed by atoms with Crippen LogP contribution in [0.25, 0.3) is 0 Å². The first kappa shape index (κ1) is 42.1.